The monoisotopic (exact) mass is 402 g/mol. The molecule has 6 heteroatoms. The minimum Gasteiger partial charge on any atom is -0.356 e. The van der Waals surface area contributed by atoms with E-state index < -0.39 is 0 Å². The zero-order valence-electron chi connectivity index (χ0n) is 18.4. The van der Waals surface area contributed by atoms with E-state index in [-0.39, 0.29) is 5.91 Å². The van der Waals surface area contributed by atoms with E-state index in [1.54, 1.807) is 11.9 Å². The van der Waals surface area contributed by atoms with Crippen LogP contribution in [0.5, 0.6) is 0 Å². The lowest BCUT2D eigenvalue weighted by Crippen LogP contribution is -2.24. The molecule has 0 unspecified atom stereocenters. The summed E-state index contributed by atoms with van der Waals surface area (Å²) in [5, 5.41) is 2.29. The van der Waals surface area contributed by atoms with Gasteiger partial charge in [0.2, 0.25) is 5.91 Å². The van der Waals surface area contributed by atoms with E-state index in [9.17, 15) is 4.79 Å². The average molecular weight is 402 g/mol. The summed E-state index contributed by atoms with van der Waals surface area (Å²) in [5.41, 5.74) is 3.26. The van der Waals surface area contributed by atoms with Crippen molar-refractivity contribution < 1.29 is 4.79 Å². The molecule has 0 saturated carbocycles. The number of anilines is 2. The zero-order chi connectivity index (χ0) is 21.7. The van der Waals surface area contributed by atoms with Crippen LogP contribution >= 0.6 is 0 Å². The Balaban J connectivity index is 0.00000124. The van der Waals surface area contributed by atoms with Crippen LogP contribution in [0.3, 0.4) is 0 Å². The fourth-order valence-corrected chi connectivity index (χ4v) is 4.04. The van der Waals surface area contributed by atoms with Gasteiger partial charge in [-0.3, -0.25) is 4.79 Å². The number of hydrogen-bond donors (Lipinski definition) is 0. The summed E-state index contributed by atoms with van der Waals surface area (Å²) < 4.78 is 0. The maximum absolute atomic E-state index is 12.0. The third-order valence-corrected chi connectivity index (χ3v) is 5.83. The molecular weight excluding hydrogens is 371 g/mol. The molecule has 1 saturated heterocycles. The Bertz CT molecular complexity index is 950. The molecule has 3 heterocycles. The third kappa shape index (κ3) is 4.59. The Kier molecular flexibility index (Phi) is 7.32. The SMILES string of the molecule is C=CC(=O)N(C)c1ccc2c(N3CCCC3)nc(C3=CCN(C)CC3)cc2c1.[B]C. The highest BCUT2D eigenvalue weighted by molar-refractivity contribution is 6.05. The molecule has 1 aromatic carbocycles. The number of nitrogens with zero attached hydrogens (tertiary/aromatic N) is 4. The highest BCUT2D eigenvalue weighted by Gasteiger charge is 2.20. The number of carbonyl (C=O) groups is 1. The first-order chi connectivity index (χ1) is 14.6. The van der Waals surface area contributed by atoms with Crippen LogP contribution in [0.1, 0.15) is 25.0 Å². The normalized spacial score (nSPS) is 16.6. The molecule has 0 atom stereocenters. The summed E-state index contributed by atoms with van der Waals surface area (Å²) in [7, 11) is 8.43. The standard InChI is InChI=1S/C23H28N4O.CH3B/c1-4-22(28)26(3)19-7-8-20-18(15-19)16-21(17-9-13-25(2)14-10-17)24-23(20)27-11-5-6-12-27;1-2/h4,7-9,15-16H,1,5-6,10-14H2,2-3H3;1H3. The topological polar surface area (TPSA) is 39.7 Å². The quantitative estimate of drug-likeness (QED) is 0.575. The van der Waals surface area contributed by atoms with E-state index in [1.165, 1.54) is 31.3 Å². The number of hydrogen-bond acceptors (Lipinski definition) is 4. The van der Waals surface area contributed by atoms with Gasteiger partial charge >= 0.3 is 0 Å². The summed E-state index contributed by atoms with van der Waals surface area (Å²) >= 11 is 0. The van der Waals surface area contributed by atoms with Crippen molar-refractivity contribution in [2.75, 3.05) is 50.1 Å². The molecule has 0 aliphatic carbocycles. The Hall–Kier alpha value is -2.60. The van der Waals surface area contributed by atoms with Gasteiger partial charge in [-0.15, -0.1) is 0 Å². The van der Waals surface area contributed by atoms with Crippen molar-refractivity contribution in [1.29, 1.82) is 0 Å². The maximum Gasteiger partial charge on any atom is 0.250 e. The van der Waals surface area contributed by atoms with Gasteiger partial charge in [0.05, 0.1) is 13.5 Å². The van der Waals surface area contributed by atoms with Crippen LogP contribution < -0.4 is 9.80 Å². The van der Waals surface area contributed by atoms with Crippen molar-refractivity contribution in [3.05, 3.63) is 48.7 Å². The van der Waals surface area contributed by atoms with Crippen LogP contribution in [0.2, 0.25) is 6.82 Å². The van der Waals surface area contributed by atoms with Gasteiger partial charge in [-0.2, -0.15) is 0 Å². The molecule has 1 fully saturated rings. The molecule has 2 radical (unpaired) electrons. The van der Waals surface area contributed by atoms with Crippen LogP contribution in [0.15, 0.2) is 43.0 Å². The van der Waals surface area contributed by atoms with E-state index in [4.69, 9.17) is 4.98 Å². The first-order valence-corrected chi connectivity index (χ1v) is 10.6. The Morgan fingerprint density at radius 1 is 1.20 bits per heavy atom. The first kappa shape index (κ1) is 22.1. The third-order valence-electron chi connectivity index (χ3n) is 5.83. The first-order valence-electron chi connectivity index (χ1n) is 10.6. The maximum atomic E-state index is 12.0. The van der Waals surface area contributed by atoms with Gasteiger partial charge in [0.25, 0.3) is 0 Å². The lowest BCUT2D eigenvalue weighted by molar-refractivity contribution is -0.113. The highest BCUT2D eigenvalue weighted by atomic mass is 16.2. The smallest absolute Gasteiger partial charge is 0.250 e. The fraction of sp³-hybridized carbons (Fsp3) is 0.417. The minimum absolute atomic E-state index is 0.105. The number of aromatic nitrogens is 1. The zero-order valence-corrected chi connectivity index (χ0v) is 18.4. The number of carbonyl (C=O) groups excluding carboxylic acids is 1. The molecule has 4 rings (SSSR count). The predicted molar refractivity (Wildman–Crippen MR) is 129 cm³/mol. The van der Waals surface area contributed by atoms with Crippen molar-refractivity contribution in [1.82, 2.24) is 9.88 Å². The van der Waals surface area contributed by atoms with Crippen LogP contribution in [0.4, 0.5) is 11.5 Å². The molecule has 1 aromatic heterocycles. The summed E-state index contributed by atoms with van der Waals surface area (Å²) in [5.74, 6) is 0.973. The molecule has 2 aliphatic heterocycles. The second-order valence-electron chi connectivity index (χ2n) is 7.77. The highest BCUT2D eigenvalue weighted by Crippen LogP contribution is 2.34. The van der Waals surface area contributed by atoms with Crippen molar-refractivity contribution in [3.63, 3.8) is 0 Å². The Labute approximate surface area is 181 Å². The van der Waals surface area contributed by atoms with Crippen LogP contribution in [-0.2, 0) is 4.79 Å². The number of fused-ring (bicyclic) bond motifs is 1. The van der Waals surface area contributed by atoms with E-state index in [0.29, 0.717) is 0 Å². The number of pyridine rings is 1. The molecule has 1 amide bonds. The molecular formula is C24H31BN4O. The summed E-state index contributed by atoms with van der Waals surface area (Å²) in [6.45, 7) is 9.24. The van der Waals surface area contributed by atoms with Crippen molar-refractivity contribution in [2.24, 2.45) is 0 Å². The van der Waals surface area contributed by atoms with Crippen molar-refractivity contribution >= 4 is 41.6 Å². The summed E-state index contributed by atoms with van der Waals surface area (Å²) in [6.07, 6.45) is 7.10. The molecule has 2 aliphatic rings. The van der Waals surface area contributed by atoms with E-state index in [1.807, 2.05) is 6.07 Å². The minimum atomic E-state index is -0.105. The number of rotatable bonds is 4. The van der Waals surface area contributed by atoms with Gasteiger partial charge in [-0.05, 0) is 67.6 Å². The number of amides is 1. The lowest BCUT2D eigenvalue weighted by Gasteiger charge is -2.24. The van der Waals surface area contributed by atoms with E-state index in [2.05, 4.69) is 55.5 Å². The number of benzene rings is 1. The molecule has 0 bridgehead atoms. The largest absolute Gasteiger partial charge is 0.356 e. The van der Waals surface area contributed by atoms with Gasteiger partial charge in [0, 0.05) is 44.3 Å². The number of likely N-dealkylation sites (N-methyl/N-ethyl adjacent to an activating group) is 2. The fourth-order valence-electron chi connectivity index (χ4n) is 4.04. The lowest BCUT2D eigenvalue weighted by atomic mass is 10.0. The Morgan fingerprint density at radius 2 is 1.93 bits per heavy atom. The van der Waals surface area contributed by atoms with Crippen LogP contribution in [0.25, 0.3) is 16.3 Å². The molecule has 5 nitrogen and oxygen atoms in total. The second kappa shape index (κ2) is 9.94. The van der Waals surface area contributed by atoms with Gasteiger partial charge in [0.15, 0.2) is 0 Å². The average Bonchev–Trinajstić information content (AvgIpc) is 3.33. The van der Waals surface area contributed by atoms with Crippen LogP contribution in [0, 0.1) is 0 Å². The van der Waals surface area contributed by atoms with Gasteiger partial charge < -0.3 is 14.7 Å². The van der Waals surface area contributed by atoms with E-state index >= 15 is 0 Å². The molecule has 30 heavy (non-hydrogen) atoms. The van der Waals surface area contributed by atoms with Gasteiger partial charge in [0.1, 0.15) is 5.82 Å². The van der Waals surface area contributed by atoms with E-state index in [0.717, 1.165) is 60.6 Å². The molecule has 156 valence electrons. The van der Waals surface area contributed by atoms with Gasteiger partial charge in [-0.1, -0.05) is 19.5 Å². The van der Waals surface area contributed by atoms with Crippen molar-refractivity contribution in [2.45, 2.75) is 26.1 Å². The molecule has 0 spiro atoms. The summed E-state index contributed by atoms with van der Waals surface area (Å²) in [6, 6.07) is 8.38. The molecule has 2 aromatic rings. The second-order valence-corrected chi connectivity index (χ2v) is 7.77. The van der Waals surface area contributed by atoms with Crippen LogP contribution in [-0.4, -0.2) is 63.9 Å². The molecule has 0 N–H and O–H groups in total. The Morgan fingerprint density at radius 3 is 2.57 bits per heavy atom. The summed E-state index contributed by atoms with van der Waals surface area (Å²) in [4.78, 5) is 23.5. The van der Waals surface area contributed by atoms with Crippen molar-refractivity contribution in [3.8, 4) is 0 Å². The van der Waals surface area contributed by atoms with Gasteiger partial charge in [-0.25, -0.2) is 4.98 Å². The predicted octanol–water partition coefficient (Wildman–Crippen LogP) is 3.91.